The topological polar surface area (TPSA) is 126 Å². The number of rotatable bonds is 4. The Hall–Kier alpha value is -3.43. The zero-order valence-corrected chi connectivity index (χ0v) is 24.5. The van der Waals surface area contributed by atoms with Crippen molar-refractivity contribution in [2.75, 3.05) is 13.7 Å². The normalized spacial score (nSPS) is 27.8. The van der Waals surface area contributed by atoms with Gasteiger partial charge in [0.1, 0.15) is 17.5 Å². The van der Waals surface area contributed by atoms with Crippen molar-refractivity contribution >= 4 is 17.8 Å². The number of guanidine groups is 1. The Morgan fingerprint density at radius 2 is 2.00 bits per heavy atom. The number of aryl methyl sites for hydroxylation is 1. The van der Waals surface area contributed by atoms with Gasteiger partial charge < -0.3 is 25.6 Å². The number of fused-ring (bicyclic) bond motifs is 5. The molecule has 6 bridgehead atoms. The number of carbonyl (C=O) groups is 2. The number of hydrogen-bond acceptors (Lipinski definition) is 7. The molecule has 4 N–H and O–H groups in total. The molecule has 0 aromatic heterocycles. The lowest BCUT2D eigenvalue weighted by Gasteiger charge is -2.42. The second kappa shape index (κ2) is 11.4. The van der Waals surface area contributed by atoms with Crippen LogP contribution in [0.4, 0.5) is 0 Å². The maximum atomic E-state index is 13.7. The molecule has 41 heavy (non-hydrogen) atoms. The Morgan fingerprint density at radius 1 is 1.20 bits per heavy atom. The molecule has 4 atom stereocenters. The number of nitrogens with one attached hydrogen (secondary N) is 1. The highest BCUT2D eigenvalue weighted by atomic mass is 16.5. The number of hydrogen-bond donors (Lipinski definition) is 3. The average Bonchev–Trinajstić information content (AvgIpc) is 2.94. The third kappa shape index (κ3) is 5.70. The van der Waals surface area contributed by atoms with Crippen molar-refractivity contribution in [3.63, 3.8) is 0 Å². The second-order valence-corrected chi connectivity index (χ2v) is 12.1. The number of ether oxygens (including phenoxy) is 2. The summed E-state index contributed by atoms with van der Waals surface area (Å²) in [5.41, 5.74) is 8.19. The monoisotopic (exact) mass is 562 g/mol. The molecule has 0 radical (unpaired) electrons. The van der Waals surface area contributed by atoms with Gasteiger partial charge >= 0.3 is 0 Å². The predicted molar refractivity (Wildman–Crippen MR) is 157 cm³/mol. The number of benzene rings is 2. The molecule has 6 rings (SSSR count). The molecule has 2 amide bonds. The SMILES string of the molecule is CCC12CCCCc3ccc4c(c3)[C@@H](NC(=O)c3cccc(c3)[C@@H](CCOC)N(C(=O)C1)C(N)=N2)[C@H](O)C(C)(C)O4. The minimum absolute atomic E-state index is 0.0655. The van der Waals surface area contributed by atoms with E-state index in [9.17, 15) is 14.7 Å². The molecule has 220 valence electrons. The van der Waals surface area contributed by atoms with Crippen LogP contribution in [0.5, 0.6) is 5.75 Å². The molecular weight excluding hydrogens is 520 g/mol. The van der Waals surface area contributed by atoms with Gasteiger partial charge in [-0.25, -0.2) is 4.99 Å². The number of aliphatic hydroxyl groups excluding tert-OH is 1. The number of nitrogens with two attached hydrogens (primary N) is 1. The second-order valence-electron chi connectivity index (χ2n) is 12.1. The number of methoxy groups -OCH3 is 1. The van der Waals surface area contributed by atoms with Gasteiger partial charge in [-0.15, -0.1) is 0 Å². The zero-order valence-electron chi connectivity index (χ0n) is 24.5. The van der Waals surface area contributed by atoms with Crippen molar-refractivity contribution in [2.24, 2.45) is 10.7 Å². The fraction of sp³-hybridized carbons (Fsp3) is 0.531. The van der Waals surface area contributed by atoms with Crippen LogP contribution < -0.4 is 15.8 Å². The summed E-state index contributed by atoms with van der Waals surface area (Å²) >= 11 is 0. The van der Waals surface area contributed by atoms with Gasteiger partial charge in [0.25, 0.3) is 5.91 Å². The van der Waals surface area contributed by atoms with Gasteiger partial charge in [0, 0.05) is 24.8 Å². The van der Waals surface area contributed by atoms with Gasteiger partial charge in [-0.2, -0.15) is 0 Å². The molecule has 9 nitrogen and oxygen atoms in total. The minimum Gasteiger partial charge on any atom is -0.485 e. The molecule has 4 aliphatic rings. The summed E-state index contributed by atoms with van der Waals surface area (Å²) in [6.45, 7) is 6.11. The van der Waals surface area contributed by atoms with Crippen LogP contribution in [0.1, 0.15) is 98.4 Å². The van der Waals surface area contributed by atoms with E-state index in [0.29, 0.717) is 30.8 Å². The van der Waals surface area contributed by atoms with Crippen LogP contribution in [0.15, 0.2) is 47.5 Å². The highest BCUT2D eigenvalue weighted by Gasteiger charge is 2.44. The molecule has 4 heterocycles. The first-order valence-electron chi connectivity index (χ1n) is 14.6. The van der Waals surface area contributed by atoms with Crippen LogP contribution in [0.2, 0.25) is 0 Å². The summed E-state index contributed by atoms with van der Waals surface area (Å²) in [5.74, 6) is 0.487. The summed E-state index contributed by atoms with van der Waals surface area (Å²) in [5, 5.41) is 14.4. The first-order chi connectivity index (χ1) is 19.6. The number of carbonyl (C=O) groups excluding carboxylic acids is 2. The van der Waals surface area contributed by atoms with Crippen LogP contribution in [0.3, 0.4) is 0 Å². The number of aliphatic hydroxyl groups is 1. The van der Waals surface area contributed by atoms with E-state index in [1.165, 1.54) is 0 Å². The molecular formula is C32H42N4O5. The summed E-state index contributed by atoms with van der Waals surface area (Å²) < 4.78 is 11.5. The van der Waals surface area contributed by atoms with Crippen LogP contribution in [-0.2, 0) is 16.0 Å². The average molecular weight is 563 g/mol. The number of amides is 2. The van der Waals surface area contributed by atoms with E-state index < -0.39 is 29.3 Å². The first-order valence-corrected chi connectivity index (χ1v) is 14.6. The molecule has 0 fully saturated rings. The molecule has 2 aromatic rings. The van der Waals surface area contributed by atoms with Gasteiger partial charge in [-0.05, 0) is 81.3 Å². The van der Waals surface area contributed by atoms with Crippen molar-refractivity contribution in [1.29, 1.82) is 0 Å². The lowest BCUT2D eigenvalue weighted by atomic mass is 9.83. The lowest BCUT2D eigenvalue weighted by molar-refractivity contribution is -0.132. The molecule has 0 saturated heterocycles. The molecule has 0 aliphatic carbocycles. The number of aliphatic imine (C=N–C) groups is 1. The standard InChI is InChI=1S/C32H42N4O5/c1-5-32-15-7-6-9-20-12-13-25-23(17-20)27(28(38)31(2,3)41-25)34-29(39)22-11-8-10-21(18-22)24(14-16-40-4)36(26(37)19-32)30(33)35-32/h8,10-13,17-18,24,27-28,38H,5-7,9,14-16,19H2,1-4H3,(H2,33,35)(H,34,39)/t24-,27-,28+,32?/m1/s1. The summed E-state index contributed by atoms with van der Waals surface area (Å²) in [4.78, 5) is 33.9. The molecule has 1 unspecified atom stereocenters. The van der Waals surface area contributed by atoms with E-state index in [2.05, 4.69) is 12.2 Å². The fourth-order valence-electron chi connectivity index (χ4n) is 6.42. The molecule has 0 saturated carbocycles. The van der Waals surface area contributed by atoms with E-state index in [4.69, 9.17) is 20.2 Å². The fourth-order valence-corrected chi connectivity index (χ4v) is 6.42. The predicted octanol–water partition coefficient (Wildman–Crippen LogP) is 4.19. The Kier molecular flexibility index (Phi) is 8.12. The van der Waals surface area contributed by atoms with Gasteiger partial charge in [0.05, 0.1) is 24.0 Å². The third-order valence-electron chi connectivity index (χ3n) is 8.90. The van der Waals surface area contributed by atoms with Crippen molar-refractivity contribution in [3.05, 3.63) is 64.7 Å². The van der Waals surface area contributed by atoms with Crippen LogP contribution in [-0.4, -0.2) is 58.7 Å². The Morgan fingerprint density at radius 3 is 2.73 bits per heavy atom. The molecule has 2 aromatic carbocycles. The van der Waals surface area contributed by atoms with Crippen molar-refractivity contribution in [2.45, 2.75) is 95.0 Å². The van der Waals surface area contributed by atoms with E-state index in [-0.39, 0.29) is 17.8 Å². The van der Waals surface area contributed by atoms with Crippen LogP contribution in [0, 0.1) is 0 Å². The third-order valence-corrected chi connectivity index (χ3v) is 8.90. The minimum atomic E-state index is -0.961. The van der Waals surface area contributed by atoms with Crippen molar-refractivity contribution in [1.82, 2.24) is 10.2 Å². The number of nitrogens with zero attached hydrogens (tertiary/aromatic N) is 2. The maximum Gasteiger partial charge on any atom is 0.251 e. The Bertz CT molecular complexity index is 1340. The first kappa shape index (κ1) is 29.1. The largest absolute Gasteiger partial charge is 0.485 e. The Balaban J connectivity index is 1.60. The maximum absolute atomic E-state index is 13.7. The van der Waals surface area contributed by atoms with E-state index in [0.717, 1.165) is 48.8 Å². The summed E-state index contributed by atoms with van der Waals surface area (Å²) in [7, 11) is 1.62. The smallest absolute Gasteiger partial charge is 0.251 e. The lowest BCUT2D eigenvalue weighted by Crippen LogP contribution is -2.53. The quantitative estimate of drug-likeness (QED) is 0.513. The van der Waals surface area contributed by atoms with Gasteiger partial charge in [-0.1, -0.05) is 31.5 Å². The Labute approximate surface area is 242 Å². The van der Waals surface area contributed by atoms with E-state index in [1.807, 2.05) is 38.1 Å². The van der Waals surface area contributed by atoms with Gasteiger partial charge in [0.2, 0.25) is 5.91 Å². The highest BCUT2D eigenvalue weighted by molar-refractivity contribution is 6.00. The molecule has 4 aliphatic heterocycles. The summed E-state index contributed by atoms with van der Waals surface area (Å²) in [6, 6.07) is 12.1. The van der Waals surface area contributed by atoms with Gasteiger partial charge in [-0.3, -0.25) is 14.5 Å². The summed E-state index contributed by atoms with van der Waals surface area (Å²) in [6.07, 6.45) is 3.91. The highest BCUT2D eigenvalue weighted by Crippen LogP contribution is 2.41. The van der Waals surface area contributed by atoms with Gasteiger partial charge in [0.15, 0.2) is 5.96 Å². The van der Waals surface area contributed by atoms with Crippen LogP contribution in [0.25, 0.3) is 0 Å². The van der Waals surface area contributed by atoms with Crippen molar-refractivity contribution in [3.8, 4) is 5.75 Å². The van der Waals surface area contributed by atoms with Crippen LogP contribution >= 0.6 is 0 Å². The zero-order chi connectivity index (χ0) is 29.4. The molecule has 9 heteroatoms. The van der Waals surface area contributed by atoms with Crippen molar-refractivity contribution < 1.29 is 24.2 Å². The molecule has 0 spiro atoms. The van der Waals surface area contributed by atoms with E-state index in [1.54, 1.807) is 30.2 Å². The van der Waals surface area contributed by atoms with E-state index >= 15 is 0 Å².